The van der Waals surface area contributed by atoms with Crippen molar-refractivity contribution in [3.8, 4) is 0 Å². The monoisotopic (exact) mass is 937 g/mol. The number of unbranched alkanes of at least 4 members (excludes halogenated alkanes) is 19. The van der Waals surface area contributed by atoms with Crippen molar-refractivity contribution in [1.82, 2.24) is 0 Å². The maximum atomic E-state index is 12.1. The average molecular weight is 938 g/mol. The van der Waals surface area contributed by atoms with E-state index in [2.05, 4.69) is 92.7 Å². The number of rotatable bonds is 39. The van der Waals surface area contributed by atoms with Crippen molar-refractivity contribution in [1.29, 1.82) is 0 Å². The zero-order valence-electron chi connectivity index (χ0n) is 44.8. The standard InChI is InChI=1S/C40H60N2.2C11H23.Ni/c1-8-15-16-17-24-34-29-39(35-25-30(18-9-2)37(22-13-6)31(26-35)19-10-3)42(41)40(34)36-27-32(20-11-4)38(23-14-7)33(28-36)21-12-5;2*1-3-5-7-9-11-10-8-6-4-2;/h25-29H,8-24H2,1-7H3;2*1,3-11H2,2H3;. The van der Waals surface area contributed by atoms with E-state index >= 15 is 0 Å². The van der Waals surface area contributed by atoms with Crippen molar-refractivity contribution >= 4 is 11.4 Å². The molecule has 65 heavy (non-hydrogen) atoms. The molecule has 0 aromatic heterocycles. The van der Waals surface area contributed by atoms with E-state index in [1.165, 1.54) is 204 Å². The molecule has 2 nitrogen and oxygen atoms in total. The Bertz CT molecular complexity index is 1520. The molecule has 2 aromatic carbocycles. The van der Waals surface area contributed by atoms with Crippen LogP contribution in [-0.2, 0) is 53.0 Å². The number of benzene rings is 2. The van der Waals surface area contributed by atoms with Crippen LogP contribution in [-0.4, -0.2) is 4.70 Å². The molecule has 1 aliphatic rings. The van der Waals surface area contributed by atoms with Gasteiger partial charge in [-0.1, -0.05) is 106 Å². The Morgan fingerprint density at radius 2 is 0.677 bits per heavy atom. The second-order valence-corrected chi connectivity index (χ2v) is 21.2. The third-order valence-electron chi connectivity index (χ3n) is 13.5. The summed E-state index contributed by atoms with van der Waals surface area (Å²) in [5, 5.41) is 2.86. The van der Waals surface area contributed by atoms with Crippen LogP contribution < -0.4 is 0 Å². The SMILES string of the molecule is CCCCCCC1=C(c2cc(CCC)c(CCC)c(CCC)c2)[N+](=[N-])C(c2cc(CCC)c(CCC)c(CCC)c2)=C1.CCCCCCCCCC[CH2][Ni][CH2]CCCCCCCCCC. The van der Waals surface area contributed by atoms with Crippen molar-refractivity contribution in [3.05, 3.63) is 86.0 Å². The molecule has 3 rings (SSSR count). The van der Waals surface area contributed by atoms with Crippen LogP contribution in [0.15, 0.2) is 35.9 Å². The normalized spacial score (nSPS) is 12.7. The summed E-state index contributed by atoms with van der Waals surface area (Å²) < 4.78 is 1.57. The molecule has 374 valence electrons. The number of hydrogen-bond donors (Lipinski definition) is 0. The van der Waals surface area contributed by atoms with E-state index < -0.39 is 0 Å². The molecule has 0 aliphatic carbocycles. The summed E-state index contributed by atoms with van der Waals surface area (Å²) in [6.45, 7) is 20.6. The molecule has 0 radical (unpaired) electrons. The first-order valence-electron chi connectivity index (χ1n) is 28.6. The molecule has 0 bridgehead atoms. The average Bonchev–Trinajstić information content (AvgIpc) is 3.63. The molecule has 1 heterocycles. The maximum absolute atomic E-state index is 12.1. The molecule has 0 atom stereocenters. The second kappa shape index (κ2) is 38.9. The Hall–Kier alpha value is -1.99. The fourth-order valence-electron chi connectivity index (χ4n) is 10.0. The van der Waals surface area contributed by atoms with Gasteiger partial charge in [0.05, 0.1) is 0 Å². The molecule has 1 aliphatic heterocycles. The summed E-state index contributed by atoms with van der Waals surface area (Å²) >= 11 is 2.03. The minimum atomic E-state index is 0.958. The predicted molar refractivity (Wildman–Crippen MR) is 288 cm³/mol. The second-order valence-electron chi connectivity index (χ2n) is 19.7. The summed E-state index contributed by atoms with van der Waals surface area (Å²) in [6.07, 6.45) is 48.1. The summed E-state index contributed by atoms with van der Waals surface area (Å²) in [7, 11) is 0. The van der Waals surface area contributed by atoms with E-state index in [1.807, 2.05) is 14.4 Å². The van der Waals surface area contributed by atoms with Crippen LogP contribution in [0.4, 0.5) is 0 Å². The van der Waals surface area contributed by atoms with Gasteiger partial charge in [-0.25, -0.2) is 4.70 Å². The number of nitrogens with zero attached hydrogens (tertiary/aromatic N) is 2. The van der Waals surface area contributed by atoms with Crippen molar-refractivity contribution in [2.24, 2.45) is 0 Å². The van der Waals surface area contributed by atoms with E-state index in [9.17, 15) is 5.53 Å². The minimum absolute atomic E-state index is 0.958. The molecule has 0 saturated carbocycles. The van der Waals surface area contributed by atoms with Crippen LogP contribution >= 0.6 is 0 Å². The van der Waals surface area contributed by atoms with Crippen molar-refractivity contribution in [2.75, 3.05) is 0 Å². The first kappa shape index (κ1) is 59.1. The molecule has 0 fully saturated rings. The van der Waals surface area contributed by atoms with Crippen molar-refractivity contribution in [2.45, 2.75) is 298 Å². The zero-order valence-corrected chi connectivity index (χ0v) is 45.7. The van der Waals surface area contributed by atoms with E-state index in [0.29, 0.717) is 0 Å². The van der Waals surface area contributed by atoms with Gasteiger partial charge in [-0.3, -0.25) is 0 Å². The van der Waals surface area contributed by atoms with E-state index in [0.717, 1.165) is 82.0 Å². The summed E-state index contributed by atoms with van der Waals surface area (Å²) in [5.41, 5.74) is 26.8. The predicted octanol–water partition coefficient (Wildman–Crippen LogP) is 21.1. The molecule has 0 amide bonds. The van der Waals surface area contributed by atoms with Crippen molar-refractivity contribution in [3.63, 3.8) is 0 Å². The van der Waals surface area contributed by atoms with Crippen LogP contribution in [0.3, 0.4) is 0 Å². The summed E-state index contributed by atoms with van der Waals surface area (Å²) in [6, 6.07) is 9.64. The molecule has 0 unspecified atom stereocenters. The fraction of sp³-hybridized carbons (Fsp3) is 0.742. The Labute approximate surface area is 412 Å². The molecular formula is C62H106N2Ni. The van der Waals surface area contributed by atoms with E-state index in [1.54, 1.807) is 15.8 Å². The number of aryl methyl sites for hydroxylation is 4. The first-order chi connectivity index (χ1) is 31.9. The molecule has 0 N–H and O–H groups in total. The van der Waals surface area contributed by atoms with E-state index in [-0.39, 0.29) is 0 Å². The number of hydrogen-bond acceptors (Lipinski definition) is 0. The van der Waals surface area contributed by atoms with Crippen LogP contribution in [0.2, 0.25) is 10.8 Å². The van der Waals surface area contributed by atoms with Crippen LogP contribution in [0.25, 0.3) is 16.9 Å². The molecule has 3 heteroatoms. The Balaban J connectivity index is 0.000000536. The number of allylic oxidation sites excluding steroid dienone is 2. The molecule has 0 saturated heterocycles. The van der Waals surface area contributed by atoms with Crippen LogP contribution in [0, 0.1) is 0 Å². The Morgan fingerprint density at radius 3 is 1.03 bits per heavy atom. The van der Waals surface area contributed by atoms with Gasteiger partial charge in [0.15, 0.2) is 0 Å². The Morgan fingerprint density at radius 1 is 0.354 bits per heavy atom. The van der Waals surface area contributed by atoms with Gasteiger partial charge in [0.2, 0.25) is 11.4 Å². The topological polar surface area (TPSA) is 25.3 Å². The van der Waals surface area contributed by atoms with Gasteiger partial charge in [0.25, 0.3) is 0 Å². The molecule has 2 aromatic rings. The van der Waals surface area contributed by atoms with Gasteiger partial charge >= 0.3 is 155 Å². The van der Waals surface area contributed by atoms with Crippen molar-refractivity contribution < 1.29 is 19.1 Å². The van der Waals surface area contributed by atoms with Gasteiger partial charge in [-0.2, -0.15) is 0 Å². The van der Waals surface area contributed by atoms with Gasteiger partial charge < -0.3 is 5.53 Å². The van der Waals surface area contributed by atoms with E-state index in [4.69, 9.17) is 0 Å². The molecule has 0 spiro atoms. The third-order valence-corrected chi connectivity index (χ3v) is 14.9. The first-order valence-corrected chi connectivity index (χ1v) is 30.0. The quantitative estimate of drug-likeness (QED) is 0.0363. The van der Waals surface area contributed by atoms with Gasteiger partial charge in [0.1, 0.15) is 0 Å². The Kier molecular flexibility index (Phi) is 35.4. The van der Waals surface area contributed by atoms with Crippen LogP contribution in [0.1, 0.15) is 293 Å². The van der Waals surface area contributed by atoms with Gasteiger partial charge in [0, 0.05) is 22.8 Å². The van der Waals surface area contributed by atoms with Crippen LogP contribution in [0.5, 0.6) is 0 Å². The van der Waals surface area contributed by atoms with Gasteiger partial charge in [-0.15, -0.1) is 0 Å². The molecular weight excluding hydrogens is 831 g/mol. The zero-order chi connectivity index (χ0) is 47.3. The van der Waals surface area contributed by atoms with Gasteiger partial charge in [-0.05, 0) is 109 Å². The summed E-state index contributed by atoms with van der Waals surface area (Å²) in [5.74, 6) is 0. The summed E-state index contributed by atoms with van der Waals surface area (Å²) in [4.78, 5) is 0. The fourth-order valence-corrected chi connectivity index (χ4v) is 11.2. The third kappa shape index (κ3) is 23.2.